The number of halogens is 1. The van der Waals surface area contributed by atoms with Crippen LogP contribution in [0, 0.1) is 0 Å². The maximum absolute atomic E-state index is 12.4. The van der Waals surface area contributed by atoms with E-state index in [0.29, 0.717) is 12.6 Å². The van der Waals surface area contributed by atoms with Crippen LogP contribution in [0.25, 0.3) is 0 Å². The molecule has 6 nitrogen and oxygen atoms in total. The minimum absolute atomic E-state index is 0. The summed E-state index contributed by atoms with van der Waals surface area (Å²) >= 11 is 0. The van der Waals surface area contributed by atoms with E-state index >= 15 is 0 Å². The highest BCUT2D eigenvalue weighted by atomic mass is 127. The number of nitrogens with zero attached hydrogens (tertiary/aromatic N) is 3. The standard InChI is InChI=1S/C21H35N5O.HI/c1-5-25(6-2)20(27)18-12-10-17(11-13-18)15-23-21(22-4)24-16-19-9-8-14-26(19)7-3;/h10-13,19H,5-9,14-16H2,1-4H3,(H2,22,23,24);1H. The Kier molecular flexibility index (Phi) is 11.4. The Morgan fingerprint density at radius 2 is 1.86 bits per heavy atom. The van der Waals surface area contributed by atoms with Crippen LogP contribution in [0.2, 0.25) is 0 Å². The van der Waals surface area contributed by atoms with Gasteiger partial charge in [0.05, 0.1) is 0 Å². The first-order valence-corrected chi connectivity index (χ1v) is 10.2. The molecule has 0 aliphatic carbocycles. The number of guanidine groups is 1. The van der Waals surface area contributed by atoms with Gasteiger partial charge in [0.2, 0.25) is 0 Å². The number of carbonyl (C=O) groups is 1. The van der Waals surface area contributed by atoms with Gasteiger partial charge >= 0.3 is 0 Å². The number of likely N-dealkylation sites (tertiary alicyclic amines) is 1. The van der Waals surface area contributed by atoms with Gasteiger partial charge in [0.25, 0.3) is 5.91 Å². The van der Waals surface area contributed by atoms with Crippen molar-refractivity contribution in [2.24, 2.45) is 4.99 Å². The van der Waals surface area contributed by atoms with Crippen molar-refractivity contribution in [3.63, 3.8) is 0 Å². The lowest BCUT2D eigenvalue weighted by Crippen LogP contribution is -2.44. The number of hydrogen-bond acceptors (Lipinski definition) is 3. The van der Waals surface area contributed by atoms with Crippen LogP contribution < -0.4 is 10.6 Å². The molecule has 1 heterocycles. The van der Waals surface area contributed by atoms with Gasteiger partial charge in [0.1, 0.15) is 0 Å². The summed E-state index contributed by atoms with van der Waals surface area (Å²) in [5.41, 5.74) is 1.87. The molecule has 1 saturated heterocycles. The topological polar surface area (TPSA) is 60.0 Å². The minimum Gasteiger partial charge on any atom is -0.355 e. The van der Waals surface area contributed by atoms with Crippen LogP contribution in [0.15, 0.2) is 29.3 Å². The van der Waals surface area contributed by atoms with E-state index in [1.165, 1.54) is 19.4 Å². The van der Waals surface area contributed by atoms with Gasteiger partial charge in [0, 0.05) is 44.8 Å². The Morgan fingerprint density at radius 3 is 2.43 bits per heavy atom. The van der Waals surface area contributed by atoms with E-state index in [2.05, 4.69) is 27.4 Å². The highest BCUT2D eigenvalue weighted by Gasteiger charge is 2.22. The Balaban J connectivity index is 0.00000392. The highest BCUT2D eigenvalue weighted by molar-refractivity contribution is 14.0. The predicted octanol–water partition coefficient (Wildman–Crippen LogP) is 2.94. The van der Waals surface area contributed by atoms with Crippen LogP contribution in [0.4, 0.5) is 0 Å². The van der Waals surface area contributed by atoms with Gasteiger partial charge in [-0.2, -0.15) is 0 Å². The van der Waals surface area contributed by atoms with E-state index in [9.17, 15) is 4.79 Å². The van der Waals surface area contributed by atoms with Crippen LogP contribution in [-0.4, -0.2) is 67.5 Å². The largest absolute Gasteiger partial charge is 0.355 e. The summed E-state index contributed by atoms with van der Waals surface area (Å²) in [6, 6.07) is 8.43. The monoisotopic (exact) mass is 501 g/mol. The van der Waals surface area contributed by atoms with Crippen molar-refractivity contribution in [2.45, 2.75) is 46.2 Å². The second-order valence-electron chi connectivity index (χ2n) is 6.91. The van der Waals surface area contributed by atoms with Crippen molar-refractivity contribution >= 4 is 35.8 Å². The average Bonchev–Trinajstić information content (AvgIpc) is 3.17. The fourth-order valence-corrected chi connectivity index (χ4v) is 3.62. The molecule has 1 aliphatic rings. The Morgan fingerprint density at radius 1 is 1.18 bits per heavy atom. The molecule has 0 aromatic heterocycles. The summed E-state index contributed by atoms with van der Waals surface area (Å²) in [5.74, 6) is 0.912. The van der Waals surface area contributed by atoms with Crippen LogP contribution in [0.5, 0.6) is 0 Å². The van der Waals surface area contributed by atoms with E-state index in [1.54, 1.807) is 7.05 Å². The van der Waals surface area contributed by atoms with E-state index in [4.69, 9.17) is 0 Å². The molecule has 1 fully saturated rings. The first kappa shape index (κ1) is 24.7. The van der Waals surface area contributed by atoms with Crippen molar-refractivity contribution in [2.75, 3.05) is 39.8 Å². The van der Waals surface area contributed by atoms with Gasteiger partial charge in [0.15, 0.2) is 5.96 Å². The van der Waals surface area contributed by atoms with Gasteiger partial charge < -0.3 is 15.5 Å². The molecular weight excluding hydrogens is 465 g/mol. The molecule has 2 rings (SSSR count). The zero-order chi connectivity index (χ0) is 19.6. The first-order chi connectivity index (χ1) is 13.1. The van der Waals surface area contributed by atoms with Crippen LogP contribution in [0.3, 0.4) is 0 Å². The maximum atomic E-state index is 12.4. The molecule has 1 aliphatic heterocycles. The summed E-state index contributed by atoms with van der Waals surface area (Å²) in [6.07, 6.45) is 2.53. The lowest BCUT2D eigenvalue weighted by molar-refractivity contribution is 0.0773. The molecule has 2 N–H and O–H groups in total. The number of nitrogens with one attached hydrogen (secondary N) is 2. The van der Waals surface area contributed by atoms with Crippen molar-refractivity contribution in [1.29, 1.82) is 0 Å². The third-order valence-electron chi connectivity index (χ3n) is 5.35. The minimum atomic E-state index is 0. The number of likely N-dealkylation sites (N-methyl/N-ethyl adjacent to an activating group) is 1. The van der Waals surface area contributed by atoms with Crippen molar-refractivity contribution in [1.82, 2.24) is 20.4 Å². The Labute approximate surface area is 187 Å². The molecular formula is C21H36IN5O. The van der Waals surface area contributed by atoms with Gasteiger partial charge in [-0.25, -0.2) is 0 Å². The summed E-state index contributed by atoms with van der Waals surface area (Å²) in [5, 5.41) is 6.80. The van der Waals surface area contributed by atoms with Crippen molar-refractivity contribution < 1.29 is 4.79 Å². The summed E-state index contributed by atoms with van der Waals surface area (Å²) in [4.78, 5) is 21.0. The summed E-state index contributed by atoms with van der Waals surface area (Å²) in [7, 11) is 1.80. The van der Waals surface area contributed by atoms with Gasteiger partial charge in [-0.05, 0) is 57.5 Å². The Bertz CT molecular complexity index is 616. The third-order valence-corrected chi connectivity index (χ3v) is 5.35. The van der Waals surface area contributed by atoms with Crippen LogP contribution >= 0.6 is 24.0 Å². The Hall–Kier alpha value is -1.35. The van der Waals surface area contributed by atoms with E-state index < -0.39 is 0 Å². The zero-order valence-electron chi connectivity index (χ0n) is 17.7. The number of benzene rings is 1. The molecule has 0 saturated carbocycles. The quantitative estimate of drug-likeness (QED) is 0.327. The SMILES string of the molecule is CCN(CC)C(=O)c1ccc(CNC(=NC)NCC2CCCN2CC)cc1.I. The van der Waals surface area contributed by atoms with Crippen molar-refractivity contribution in [3.05, 3.63) is 35.4 Å². The second-order valence-corrected chi connectivity index (χ2v) is 6.91. The molecule has 1 aromatic carbocycles. The molecule has 1 aromatic rings. The number of hydrogen-bond donors (Lipinski definition) is 2. The number of carbonyl (C=O) groups excluding carboxylic acids is 1. The fourth-order valence-electron chi connectivity index (χ4n) is 3.62. The number of rotatable bonds is 8. The predicted molar refractivity (Wildman–Crippen MR) is 128 cm³/mol. The first-order valence-electron chi connectivity index (χ1n) is 10.2. The molecule has 0 bridgehead atoms. The van der Waals surface area contributed by atoms with E-state index in [0.717, 1.165) is 43.3 Å². The molecule has 7 heteroatoms. The highest BCUT2D eigenvalue weighted by Crippen LogP contribution is 2.15. The molecule has 158 valence electrons. The normalized spacial score (nSPS) is 17.1. The van der Waals surface area contributed by atoms with Crippen LogP contribution in [-0.2, 0) is 6.54 Å². The smallest absolute Gasteiger partial charge is 0.253 e. The van der Waals surface area contributed by atoms with Gasteiger partial charge in [-0.1, -0.05) is 19.1 Å². The lowest BCUT2D eigenvalue weighted by atomic mass is 10.1. The lowest BCUT2D eigenvalue weighted by Gasteiger charge is -2.24. The summed E-state index contributed by atoms with van der Waals surface area (Å²) < 4.78 is 0. The average molecular weight is 501 g/mol. The molecule has 28 heavy (non-hydrogen) atoms. The third kappa shape index (κ3) is 6.92. The second kappa shape index (κ2) is 13.0. The molecule has 1 atom stereocenters. The van der Waals surface area contributed by atoms with Gasteiger partial charge in [-0.15, -0.1) is 24.0 Å². The van der Waals surface area contributed by atoms with Crippen LogP contribution in [0.1, 0.15) is 49.5 Å². The van der Waals surface area contributed by atoms with Crippen molar-refractivity contribution in [3.8, 4) is 0 Å². The fraction of sp³-hybridized carbons (Fsp3) is 0.619. The number of amides is 1. The van der Waals surface area contributed by atoms with E-state index in [1.807, 2.05) is 43.0 Å². The van der Waals surface area contributed by atoms with E-state index in [-0.39, 0.29) is 29.9 Å². The number of aliphatic imine (C=N–C) groups is 1. The zero-order valence-corrected chi connectivity index (χ0v) is 20.0. The molecule has 1 unspecified atom stereocenters. The molecule has 0 spiro atoms. The maximum Gasteiger partial charge on any atom is 0.253 e. The van der Waals surface area contributed by atoms with Gasteiger partial charge in [-0.3, -0.25) is 14.7 Å². The molecule has 1 amide bonds. The molecule has 0 radical (unpaired) electrons. The summed E-state index contributed by atoms with van der Waals surface area (Å²) in [6.45, 7) is 11.6.